The lowest BCUT2D eigenvalue weighted by Crippen LogP contribution is -2.41. The number of nitrogen functional groups attached to an aromatic ring is 1. The number of ether oxygens (including phenoxy) is 1. The van der Waals surface area contributed by atoms with Gasteiger partial charge in [0.25, 0.3) is 0 Å². The van der Waals surface area contributed by atoms with Crippen LogP contribution in [0.2, 0.25) is 0 Å². The van der Waals surface area contributed by atoms with E-state index in [1.165, 1.54) is 12.0 Å². The van der Waals surface area contributed by atoms with Crippen LogP contribution in [0.4, 0.5) is 24.5 Å². The zero-order valence-corrected chi connectivity index (χ0v) is 10.00. The van der Waals surface area contributed by atoms with Crippen LogP contribution in [0.1, 0.15) is 12.8 Å². The van der Waals surface area contributed by atoms with Crippen LogP contribution < -0.4 is 15.4 Å². The molecule has 0 bridgehead atoms. The van der Waals surface area contributed by atoms with Crippen molar-refractivity contribution in [1.29, 1.82) is 0 Å². The molecule has 0 amide bonds. The predicted molar refractivity (Wildman–Crippen MR) is 63.8 cm³/mol. The molecule has 0 spiro atoms. The van der Waals surface area contributed by atoms with E-state index in [0.717, 1.165) is 0 Å². The fourth-order valence-electron chi connectivity index (χ4n) is 2.29. The molecule has 6 heteroatoms. The molecule has 1 aliphatic heterocycles. The van der Waals surface area contributed by atoms with Gasteiger partial charge in [-0.3, -0.25) is 0 Å². The minimum Gasteiger partial charge on any atom is -0.495 e. The van der Waals surface area contributed by atoms with Crippen LogP contribution in [0.5, 0.6) is 5.75 Å². The van der Waals surface area contributed by atoms with Crippen LogP contribution in [-0.4, -0.2) is 25.9 Å². The molecule has 0 radical (unpaired) electrons. The molecule has 0 saturated carbocycles. The van der Waals surface area contributed by atoms with E-state index in [1.807, 2.05) is 0 Å². The molecule has 0 aliphatic carbocycles. The first kappa shape index (κ1) is 12.9. The van der Waals surface area contributed by atoms with Crippen molar-refractivity contribution in [2.75, 3.05) is 24.3 Å². The summed E-state index contributed by atoms with van der Waals surface area (Å²) >= 11 is 0. The number of rotatable bonds is 2. The number of methoxy groups -OCH3 is 1. The van der Waals surface area contributed by atoms with Crippen molar-refractivity contribution in [3.05, 3.63) is 18.2 Å². The third-order valence-corrected chi connectivity index (χ3v) is 3.18. The van der Waals surface area contributed by atoms with E-state index >= 15 is 0 Å². The Morgan fingerprint density at radius 2 is 2.11 bits per heavy atom. The monoisotopic (exact) mass is 260 g/mol. The van der Waals surface area contributed by atoms with Gasteiger partial charge in [-0.2, -0.15) is 13.2 Å². The molecule has 1 saturated heterocycles. The quantitative estimate of drug-likeness (QED) is 0.831. The lowest BCUT2D eigenvalue weighted by atomic mass is 10.2. The second-order valence-electron chi connectivity index (χ2n) is 4.32. The predicted octanol–water partition coefficient (Wildman–Crippen LogP) is 2.81. The normalized spacial score (nSPS) is 20.2. The van der Waals surface area contributed by atoms with E-state index in [9.17, 15) is 13.2 Å². The van der Waals surface area contributed by atoms with E-state index in [-0.39, 0.29) is 6.42 Å². The van der Waals surface area contributed by atoms with Gasteiger partial charge in [-0.15, -0.1) is 0 Å². The van der Waals surface area contributed by atoms with Gasteiger partial charge in [-0.25, -0.2) is 0 Å². The highest BCUT2D eigenvalue weighted by atomic mass is 19.4. The Balaban J connectivity index is 2.30. The Morgan fingerprint density at radius 3 is 2.72 bits per heavy atom. The molecule has 2 rings (SSSR count). The average molecular weight is 260 g/mol. The minimum absolute atomic E-state index is 0.135. The summed E-state index contributed by atoms with van der Waals surface area (Å²) in [6, 6.07) is 3.31. The number of halogens is 3. The van der Waals surface area contributed by atoms with Gasteiger partial charge < -0.3 is 15.4 Å². The van der Waals surface area contributed by atoms with Gasteiger partial charge in [0.2, 0.25) is 0 Å². The minimum atomic E-state index is -4.20. The largest absolute Gasteiger partial charge is 0.495 e. The van der Waals surface area contributed by atoms with Crippen LogP contribution in [0.25, 0.3) is 0 Å². The number of hydrogen-bond acceptors (Lipinski definition) is 3. The van der Waals surface area contributed by atoms with Crippen molar-refractivity contribution < 1.29 is 17.9 Å². The zero-order valence-electron chi connectivity index (χ0n) is 10.00. The summed E-state index contributed by atoms with van der Waals surface area (Å²) in [7, 11) is 1.45. The van der Waals surface area contributed by atoms with Crippen molar-refractivity contribution in [3.63, 3.8) is 0 Å². The van der Waals surface area contributed by atoms with Gasteiger partial charge in [0.15, 0.2) is 0 Å². The molecular weight excluding hydrogens is 245 g/mol. The highest BCUT2D eigenvalue weighted by molar-refractivity contribution is 5.63. The van der Waals surface area contributed by atoms with Crippen LogP contribution in [0.15, 0.2) is 18.2 Å². The van der Waals surface area contributed by atoms with Crippen LogP contribution in [-0.2, 0) is 0 Å². The third-order valence-electron chi connectivity index (χ3n) is 3.18. The Hall–Kier alpha value is -1.59. The molecule has 1 heterocycles. The second kappa shape index (κ2) is 4.59. The van der Waals surface area contributed by atoms with Crippen LogP contribution in [0, 0.1) is 0 Å². The number of anilines is 2. The van der Waals surface area contributed by atoms with Crippen molar-refractivity contribution in [2.24, 2.45) is 0 Å². The summed E-state index contributed by atoms with van der Waals surface area (Å²) in [6.07, 6.45) is -3.53. The van der Waals surface area contributed by atoms with Crippen LogP contribution in [0.3, 0.4) is 0 Å². The molecule has 100 valence electrons. The molecule has 1 atom stereocenters. The first-order valence-corrected chi connectivity index (χ1v) is 5.70. The molecular formula is C12H15F3N2O. The zero-order chi connectivity index (χ0) is 13.3. The van der Waals surface area contributed by atoms with Gasteiger partial charge in [-0.05, 0) is 25.0 Å². The fraction of sp³-hybridized carbons (Fsp3) is 0.500. The summed E-state index contributed by atoms with van der Waals surface area (Å²) in [6.45, 7) is 0.400. The first-order valence-electron chi connectivity index (χ1n) is 5.70. The number of benzene rings is 1. The molecule has 0 unspecified atom stereocenters. The molecule has 18 heavy (non-hydrogen) atoms. The maximum atomic E-state index is 12.9. The Morgan fingerprint density at radius 1 is 1.39 bits per heavy atom. The highest BCUT2D eigenvalue weighted by Gasteiger charge is 2.46. The van der Waals surface area contributed by atoms with Gasteiger partial charge in [0.1, 0.15) is 11.8 Å². The molecule has 1 fully saturated rings. The second-order valence-corrected chi connectivity index (χ2v) is 4.32. The molecule has 2 N–H and O–H groups in total. The third kappa shape index (κ3) is 2.32. The molecule has 1 aliphatic rings. The summed E-state index contributed by atoms with van der Waals surface area (Å²) in [5.74, 6) is 0.403. The lowest BCUT2D eigenvalue weighted by Gasteiger charge is -2.28. The maximum Gasteiger partial charge on any atom is 0.408 e. The van der Waals surface area contributed by atoms with Gasteiger partial charge in [-0.1, -0.05) is 0 Å². The van der Waals surface area contributed by atoms with E-state index in [4.69, 9.17) is 10.5 Å². The lowest BCUT2D eigenvalue weighted by molar-refractivity contribution is -0.145. The summed E-state index contributed by atoms with van der Waals surface area (Å²) in [5.41, 5.74) is 6.57. The highest BCUT2D eigenvalue weighted by Crippen LogP contribution is 2.37. The topological polar surface area (TPSA) is 38.5 Å². The van der Waals surface area contributed by atoms with Gasteiger partial charge in [0, 0.05) is 18.3 Å². The smallest absolute Gasteiger partial charge is 0.408 e. The fourth-order valence-corrected chi connectivity index (χ4v) is 2.29. The summed E-state index contributed by atoms with van der Waals surface area (Å²) in [4.78, 5) is 1.36. The molecule has 1 aromatic carbocycles. The van der Waals surface area contributed by atoms with E-state index in [1.54, 1.807) is 18.2 Å². The SMILES string of the molecule is COc1cc(N2CCC[C@H]2C(F)(F)F)ccc1N. The van der Waals surface area contributed by atoms with Crippen molar-refractivity contribution in [3.8, 4) is 5.75 Å². The standard InChI is InChI=1S/C12H15F3N2O/c1-18-10-7-8(4-5-9(10)16)17-6-2-3-11(17)12(13,14)15/h4-5,7,11H,2-3,6,16H2,1H3/t11-/m0/s1. The summed E-state index contributed by atoms with van der Waals surface area (Å²) in [5, 5.41) is 0. The van der Waals surface area contributed by atoms with E-state index in [2.05, 4.69) is 0 Å². The van der Waals surface area contributed by atoms with Gasteiger partial charge >= 0.3 is 6.18 Å². The van der Waals surface area contributed by atoms with Crippen molar-refractivity contribution in [1.82, 2.24) is 0 Å². The Bertz CT molecular complexity index is 434. The molecule has 1 aromatic rings. The number of nitrogens with two attached hydrogens (primary N) is 1. The average Bonchev–Trinajstić information content (AvgIpc) is 2.78. The Kier molecular flexibility index (Phi) is 3.28. The van der Waals surface area contributed by atoms with Crippen molar-refractivity contribution in [2.45, 2.75) is 25.1 Å². The van der Waals surface area contributed by atoms with E-state index in [0.29, 0.717) is 30.1 Å². The first-order chi connectivity index (χ1) is 8.43. The number of alkyl halides is 3. The Labute approximate surface area is 103 Å². The number of nitrogens with zero attached hydrogens (tertiary/aromatic N) is 1. The molecule has 3 nitrogen and oxygen atoms in total. The van der Waals surface area contributed by atoms with Crippen LogP contribution >= 0.6 is 0 Å². The maximum absolute atomic E-state index is 12.9. The summed E-state index contributed by atoms with van der Waals surface area (Å²) < 4.78 is 43.6. The van der Waals surface area contributed by atoms with E-state index < -0.39 is 12.2 Å². The van der Waals surface area contributed by atoms with Crippen molar-refractivity contribution >= 4 is 11.4 Å². The molecule has 0 aromatic heterocycles. The van der Waals surface area contributed by atoms with Gasteiger partial charge in [0.05, 0.1) is 12.8 Å². The number of hydrogen-bond donors (Lipinski definition) is 1.